The predicted molar refractivity (Wildman–Crippen MR) is 110 cm³/mol. The third-order valence-corrected chi connectivity index (χ3v) is 8.03. The summed E-state index contributed by atoms with van der Waals surface area (Å²) in [5.74, 6) is 0.924. The number of sulfonamides is 1. The molecular formula is C20H30N4O2S. The van der Waals surface area contributed by atoms with Gasteiger partial charge >= 0.3 is 0 Å². The van der Waals surface area contributed by atoms with Gasteiger partial charge in [0.05, 0.1) is 18.0 Å². The summed E-state index contributed by atoms with van der Waals surface area (Å²) in [4.78, 5) is 6.98. The third kappa shape index (κ3) is 3.66. The largest absolute Gasteiger partial charge is 0.357 e. The molecule has 0 unspecified atom stereocenters. The van der Waals surface area contributed by atoms with Crippen LogP contribution in [0.5, 0.6) is 0 Å². The van der Waals surface area contributed by atoms with Gasteiger partial charge in [-0.2, -0.15) is 0 Å². The van der Waals surface area contributed by atoms with Gasteiger partial charge in [-0.1, -0.05) is 24.6 Å². The lowest BCUT2D eigenvalue weighted by molar-refractivity contribution is 0.151. The molecule has 1 saturated carbocycles. The maximum atomic E-state index is 12.8. The second kappa shape index (κ2) is 7.34. The molecule has 0 amide bonds. The highest BCUT2D eigenvalue weighted by Gasteiger charge is 2.43. The molecule has 1 N–H and O–H groups in total. The average Bonchev–Trinajstić information content (AvgIpc) is 3.26. The van der Waals surface area contributed by atoms with Gasteiger partial charge in [0, 0.05) is 26.2 Å². The minimum Gasteiger partial charge on any atom is -0.357 e. The average molecular weight is 391 g/mol. The minimum absolute atomic E-state index is 0.0508. The van der Waals surface area contributed by atoms with Crippen LogP contribution < -0.4 is 9.62 Å². The zero-order valence-corrected chi connectivity index (χ0v) is 17.0. The molecule has 1 aromatic rings. The van der Waals surface area contributed by atoms with E-state index in [0.717, 1.165) is 43.3 Å². The monoisotopic (exact) mass is 390 g/mol. The lowest BCUT2D eigenvalue weighted by atomic mass is 9.68. The number of nitrogens with zero attached hydrogens (tertiary/aromatic N) is 3. The number of benzene rings is 1. The van der Waals surface area contributed by atoms with Crippen molar-refractivity contribution in [1.29, 1.82) is 0 Å². The van der Waals surface area contributed by atoms with Gasteiger partial charge in [-0.05, 0) is 49.7 Å². The Labute approximate surface area is 162 Å². The zero-order valence-electron chi connectivity index (χ0n) is 16.2. The van der Waals surface area contributed by atoms with Crippen molar-refractivity contribution in [3.05, 3.63) is 29.8 Å². The van der Waals surface area contributed by atoms with Gasteiger partial charge in [0.25, 0.3) is 0 Å². The van der Waals surface area contributed by atoms with Crippen LogP contribution in [-0.4, -0.2) is 57.8 Å². The Morgan fingerprint density at radius 3 is 2.74 bits per heavy atom. The van der Waals surface area contributed by atoms with Gasteiger partial charge in [0.2, 0.25) is 10.0 Å². The van der Waals surface area contributed by atoms with Crippen LogP contribution in [0.3, 0.4) is 0 Å². The van der Waals surface area contributed by atoms with Crippen LogP contribution in [-0.2, 0) is 16.4 Å². The van der Waals surface area contributed by atoms with Crippen molar-refractivity contribution in [3.63, 3.8) is 0 Å². The Bertz CT molecular complexity index is 817. The molecule has 0 atom stereocenters. The highest BCUT2D eigenvalue weighted by Crippen LogP contribution is 2.47. The lowest BCUT2D eigenvalue weighted by Crippen LogP contribution is -2.43. The van der Waals surface area contributed by atoms with Crippen LogP contribution in [0.4, 0.5) is 5.69 Å². The van der Waals surface area contributed by atoms with E-state index >= 15 is 0 Å². The number of likely N-dealkylation sites (tertiary alicyclic amines) is 1. The molecule has 1 aromatic carbocycles. The standard InChI is InChI=1S/C20H30N4O2S/c1-2-21-19(23-14-11-20(16-23)9-5-10-20)22-12-15-27(25,26)24-13-8-17-6-3-4-7-18(17)24/h3-4,6-7H,2,5,8-16H2,1H3,(H,21,22). The first-order chi connectivity index (χ1) is 13.0. The Kier molecular flexibility index (Phi) is 5.05. The molecule has 4 rings (SSSR count). The number of para-hydroxylation sites is 1. The van der Waals surface area contributed by atoms with Crippen molar-refractivity contribution in [2.75, 3.05) is 42.8 Å². The van der Waals surface area contributed by atoms with E-state index in [9.17, 15) is 8.42 Å². The molecule has 27 heavy (non-hydrogen) atoms. The second-order valence-electron chi connectivity index (χ2n) is 8.03. The first kappa shape index (κ1) is 18.6. The van der Waals surface area contributed by atoms with Crippen molar-refractivity contribution >= 4 is 21.7 Å². The van der Waals surface area contributed by atoms with E-state index in [-0.39, 0.29) is 5.75 Å². The SMILES string of the molecule is CCNC(=NCCS(=O)(=O)N1CCc2ccccc21)N1CCC2(CCC2)C1. The van der Waals surface area contributed by atoms with Crippen molar-refractivity contribution in [1.82, 2.24) is 10.2 Å². The zero-order chi connectivity index (χ0) is 18.9. The summed E-state index contributed by atoms with van der Waals surface area (Å²) in [7, 11) is -3.34. The highest BCUT2D eigenvalue weighted by molar-refractivity contribution is 7.92. The fourth-order valence-corrected chi connectivity index (χ4v) is 5.99. The van der Waals surface area contributed by atoms with Gasteiger partial charge in [-0.15, -0.1) is 0 Å². The maximum absolute atomic E-state index is 12.8. The molecule has 0 aromatic heterocycles. The Morgan fingerprint density at radius 2 is 2.04 bits per heavy atom. The fraction of sp³-hybridized carbons (Fsp3) is 0.650. The second-order valence-corrected chi connectivity index (χ2v) is 10.0. The molecule has 1 saturated heterocycles. The van der Waals surface area contributed by atoms with Crippen LogP contribution >= 0.6 is 0 Å². The Balaban J connectivity index is 1.40. The van der Waals surface area contributed by atoms with Crippen LogP contribution in [0.25, 0.3) is 0 Å². The van der Waals surface area contributed by atoms with E-state index in [0.29, 0.717) is 18.5 Å². The number of aliphatic imine (C=N–C) groups is 1. The predicted octanol–water partition coefficient (Wildman–Crippen LogP) is 2.22. The molecule has 148 valence electrons. The fourth-order valence-electron chi connectivity index (χ4n) is 4.60. The molecule has 1 spiro atoms. The van der Waals surface area contributed by atoms with E-state index in [4.69, 9.17) is 0 Å². The van der Waals surface area contributed by atoms with Gasteiger partial charge in [0.1, 0.15) is 0 Å². The number of rotatable bonds is 5. The first-order valence-electron chi connectivity index (χ1n) is 10.1. The lowest BCUT2D eigenvalue weighted by Gasteiger charge is -2.38. The van der Waals surface area contributed by atoms with E-state index < -0.39 is 10.0 Å². The van der Waals surface area contributed by atoms with Crippen LogP contribution in [0.1, 0.15) is 38.2 Å². The molecule has 0 bridgehead atoms. The normalized spacial score (nSPS) is 21.4. The van der Waals surface area contributed by atoms with Crippen LogP contribution in [0.15, 0.2) is 29.3 Å². The van der Waals surface area contributed by atoms with Crippen LogP contribution in [0.2, 0.25) is 0 Å². The molecule has 2 heterocycles. The van der Waals surface area contributed by atoms with E-state index in [1.807, 2.05) is 24.3 Å². The topological polar surface area (TPSA) is 65.0 Å². The molecule has 2 aliphatic heterocycles. The summed E-state index contributed by atoms with van der Waals surface area (Å²) in [5, 5.41) is 3.35. The van der Waals surface area contributed by atoms with Gasteiger partial charge in [-0.25, -0.2) is 8.42 Å². The molecule has 1 aliphatic carbocycles. The molecule has 2 fully saturated rings. The summed E-state index contributed by atoms with van der Waals surface area (Å²) < 4.78 is 27.2. The first-order valence-corrected chi connectivity index (χ1v) is 11.8. The quantitative estimate of drug-likeness (QED) is 0.618. The summed E-state index contributed by atoms with van der Waals surface area (Å²) >= 11 is 0. The van der Waals surface area contributed by atoms with Crippen molar-refractivity contribution in [2.24, 2.45) is 10.4 Å². The molecule has 3 aliphatic rings. The molecular weight excluding hydrogens is 360 g/mol. The summed E-state index contributed by atoms with van der Waals surface area (Å²) in [6.45, 7) is 5.79. The molecule has 6 nitrogen and oxygen atoms in total. The summed E-state index contributed by atoms with van der Waals surface area (Å²) in [6, 6.07) is 7.77. The van der Waals surface area contributed by atoms with Crippen molar-refractivity contribution in [2.45, 2.75) is 39.0 Å². The Morgan fingerprint density at radius 1 is 1.22 bits per heavy atom. The number of hydrogen-bond donors (Lipinski definition) is 1. The van der Waals surface area contributed by atoms with Gasteiger partial charge in [-0.3, -0.25) is 9.30 Å². The van der Waals surface area contributed by atoms with Gasteiger partial charge < -0.3 is 10.2 Å². The molecule has 7 heteroatoms. The van der Waals surface area contributed by atoms with Crippen LogP contribution in [0, 0.1) is 5.41 Å². The summed E-state index contributed by atoms with van der Waals surface area (Å²) in [5.41, 5.74) is 2.45. The third-order valence-electron chi connectivity index (χ3n) is 6.28. The number of hydrogen-bond acceptors (Lipinski definition) is 3. The van der Waals surface area contributed by atoms with Crippen molar-refractivity contribution in [3.8, 4) is 0 Å². The summed E-state index contributed by atoms with van der Waals surface area (Å²) in [6.07, 6.45) is 6.02. The molecule has 0 radical (unpaired) electrons. The Hall–Kier alpha value is -1.76. The number of anilines is 1. The number of guanidine groups is 1. The van der Waals surface area contributed by atoms with Gasteiger partial charge in [0.15, 0.2) is 5.96 Å². The maximum Gasteiger partial charge on any atom is 0.237 e. The highest BCUT2D eigenvalue weighted by atomic mass is 32.2. The van der Waals surface area contributed by atoms with E-state index in [2.05, 4.69) is 22.1 Å². The van der Waals surface area contributed by atoms with E-state index in [1.165, 1.54) is 25.7 Å². The smallest absolute Gasteiger partial charge is 0.237 e. The number of nitrogens with one attached hydrogen (secondary N) is 1. The van der Waals surface area contributed by atoms with Crippen molar-refractivity contribution < 1.29 is 8.42 Å². The van der Waals surface area contributed by atoms with E-state index in [1.54, 1.807) is 4.31 Å². The number of fused-ring (bicyclic) bond motifs is 1. The minimum atomic E-state index is -3.34.